The third-order valence-electron chi connectivity index (χ3n) is 3.53. The van der Waals surface area contributed by atoms with Crippen LogP contribution >= 0.6 is 0 Å². The predicted octanol–water partition coefficient (Wildman–Crippen LogP) is 2.33. The highest BCUT2D eigenvalue weighted by Crippen LogP contribution is 2.28. The van der Waals surface area contributed by atoms with E-state index in [0.717, 1.165) is 5.75 Å². The molecule has 0 saturated heterocycles. The number of esters is 1. The van der Waals surface area contributed by atoms with Crippen LogP contribution in [0.4, 0.5) is 0 Å². The normalized spacial score (nSPS) is 21.9. The highest BCUT2D eigenvalue weighted by molar-refractivity contribution is 5.75. The molecule has 0 spiro atoms. The van der Waals surface area contributed by atoms with Crippen LogP contribution in [0, 0.1) is 5.92 Å². The Morgan fingerprint density at radius 2 is 1.70 bits per heavy atom. The van der Waals surface area contributed by atoms with E-state index in [1.807, 2.05) is 0 Å². The third kappa shape index (κ3) is 3.73. The van der Waals surface area contributed by atoms with E-state index in [1.165, 1.54) is 0 Å². The summed E-state index contributed by atoms with van der Waals surface area (Å²) in [5, 5.41) is 0. The molecule has 108 valence electrons. The minimum Gasteiger partial charge on any atom is -0.497 e. The lowest BCUT2D eigenvalue weighted by Crippen LogP contribution is -2.28. The predicted molar refractivity (Wildman–Crippen MR) is 71.5 cm³/mol. The second-order valence-electron chi connectivity index (χ2n) is 4.80. The Balaban J connectivity index is 1.84. The fourth-order valence-electron chi connectivity index (χ4n) is 2.36. The average molecular weight is 278 g/mol. The van der Waals surface area contributed by atoms with Gasteiger partial charge in [0.05, 0.1) is 13.0 Å². The van der Waals surface area contributed by atoms with Crippen LogP contribution in [0.3, 0.4) is 0 Å². The molecule has 0 unspecified atom stereocenters. The summed E-state index contributed by atoms with van der Waals surface area (Å²) in [7, 11) is 1.58. The van der Waals surface area contributed by atoms with E-state index in [0.29, 0.717) is 37.9 Å². The van der Waals surface area contributed by atoms with E-state index >= 15 is 0 Å². The van der Waals surface area contributed by atoms with Gasteiger partial charge in [-0.3, -0.25) is 9.59 Å². The Bertz CT molecular complexity index is 446. The number of ether oxygens (including phenoxy) is 3. The highest BCUT2D eigenvalue weighted by Gasteiger charge is 2.28. The topological polar surface area (TPSA) is 61.8 Å². The zero-order chi connectivity index (χ0) is 14.4. The monoisotopic (exact) mass is 278 g/mol. The number of carbonyl (C=O) groups excluding carboxylic acids is 2. The van der Waals surface area contributed by atoms with E-state index in [-0.39, 0.29) is 18.0 Å². The van der Waals surface area contributed by atoms with Gasteiger partial charge in [0.2, 0.25) is 0 Å². The Hall–Kier alpha value is -2.04. The van der Waals surface area contributed by atoms with E-state index in [4.69, 9.17) is 14.2 Å². The van der Waals surface area contributed by atoms with Crippen molar-refractivity contribution in [2.75, 3.05) is 7.11 Å². The van der Waals surface area contributed by atoms with Gasteiger partial charge in [-0.15, -0.1) is 0 Å². The van der Waals surface area contributed by atoms with Crippen molar-refractivity contribution in [1.82, 2.24) is 0 Å². The molecule has 0 aromatic heterocycles. The van der Waals surface area contributed by atoms with Crippen LogP contribution in [-0.2, 0) is 14.3 Å². The van der Waals surface area contributed by atoms with Gasteiger partial charge in [0.1, 0.15) is 17.6 Å². The van der Waals surface area contributed by atoms with Crippen LogP contribution in [0.25, 0.3) is 0 Å². The van der Waals surface area contributed by atoms with Crippen molar-refractivity contribution in [2.45, 2.75) is 31.8 Å². The second kappa shape index (κ2) is 6.93. The fraction of sp³-hybridized carbons (Fsp3) is 0.467. The van der Waals surface area contributed by atoms with Crippen molar-refractivity contribution in [3.05, 3.63) is 24.3 Å². The SMILES string of the molecule is COc1ccc(OC(=O)C2CCC(OC=O)CC2)cc1. The van der Waals surface area contributed by atoms with Gasteiger partial charge in [-0.1, -0.05) is 0 Å². The van der Waals surface area contributed by atoms with E-state index in [9.17, 15) is 9.59 Å². The van der Waals surface area contributed by atoms with Gasteiger partial charge in [-0.2, -0.15) is 0 Å². The lowest BCUT2D eigenvalue weighted by molar-refractivity contribution is -0.142. The first-order valence-corrected chi connectivity index (χ1v) is 6.67. The standard InChI is InChI=1S/C15H18O5/c1-18-12-6-8-14(9-7-12)20-15(17)11-2-4-13(5-3-11)19-10-16/h6-11,13H,2-5H2,1H3. The minimum atomic E-state index is -0.222. The molecule has 1 fully saturated rings. The van der Waals surface area contributed by atoms with E-state index in [1.54, 1.807) is 31.4 Å². The largest absolute Gasteiger partial charge is 0.497 e. The van der Waals surface area contributed by atoms with Crippen molar-refractivity contribution < 1.29 is 23.8 Å². The molecule has 0 bridgehead atoms. The molecular formula is C15H18O5. The molecule has 5 nitrogen and oxygen atoms in total. The second-order valence-corrected chi connectivity index (χ2v) is 4.80. The van der Waals surface area contributed by atoms with Crippen molar-refractivity contribution in [2.24, 2.45) is 5.92 Å². The quantitative estimate of drug-likeness (QED) is 0.470. The van der Waals surface area contributed by atoms with Crippen LogP contribution in [0.5, 0.6) is 11.5 Å². The Kier molecular flexibility index (Phi) is 4.98. The maximum Gasteiger partial charge on any atom is 0.314 e. The summed E-state index contributed by atoms with van der Waals surface area (Å²) in [5.74, 6) is 0.890. The van der Waals surface area contributed by atoms with Gasteiger partial charge in [0.25, 0.3) is 6.47 Å². The van der Waals surface area contributed by atoms with Crippen LogP contribution < -0.4 is 9.47 Å². The summed E-state index contributed by atoms with van der Waals surface area (Å²) in [6, 6.07) is 6.91. The van der Waals surface area contributed by atoms with Gasteiger partial charge in [0.15, 0.2) is 0 Å². The maximum absolute atomic E-state index is 12.0. The molecule has 0 aliphatic heterocycles. The van der Waals surface area contributed by atoms with Crippen LogP contribution in [0.15, 0.2) is 24.3 Å². The highest BCUT2D eigenvalue weighted by atomic mass is 16.5. The molecule has 0 radical (unpaired) electrons. The van der Waals surface area contributed by atoms with Gasteiger partial charge in [-0.05, 0) is 49.9 Å². The van der Waals surface area contributed by atoms with Gasteiger partial charge < -0.3 is 14.2 Å². The van der Waals surface area contributed by atoms with Gasteiger partial charge >= 0.3 is 5.97 Å². The molecule has 2 rings (SSSR count). The molecule has 1 aliphatic rings. The Labute approximate surface area is 117 Å². The summed E-state index contributed by atoms with van der Waals surface area (Å²) in [6.07, 6.45) is 2.74. The van der Waals surface area contributed by atoms with Crippen molar-refractivity contribution in [3.8, 4) is 11.5 Å². The minimum absolute atomic E-state index is 0.0578. The summed E-state index contributed by atoms with van der Waals surface area (Å²) >= 11 is 0. The molecule has 20 heavy (non-hydrogen) atoms. The third-order valence-corrected chi connectivity index (χ3v) is 3.53. The maximum atomic E-state index is 12.0. The first-order valence-electron chi connectivity index (χ1n) is 6.67. The number of benzene rings is 1. The summed E-state index contributed by atoms with van der Waals surface area (Å²) in [5.41, 5.74) is 0. The number of methoxy groups -OCH3 is 1. The molecule has 0 N–H and O–H groups in total. The van der Waals surface area contributed by atoms with Crippen molar-refractivity contribution in [1.29, 1.82) is 0 Å². The molecule has 1 aliphatic carbocycles. The van der Waals surface area contributed by atoms with E-state index < -0.39 is 0 Å². The molecule has 1 saturated carbocycles. The van der Waals surface area contributed by atoms with Crippen LogP contribution in [0.2, 0.25) is 0 Å². The number of hydrogen-bond acceptors (Lipinski definition) is 5. The number of carbonyl (C=O) groups is 2. The Morgan fingerprint density at radius 3 is 2.25 bits per heavy atom. The first kappa shape index (κ1) is 14.4. The van der Waals surface area contributed by atoms with E-state index in [2.05, 4.69) is 0 Å². The molecule has 1 aromatic rings. The first-order chi connectivity index (χ1) is 9.72. The van der Waals surface area contributed by atoms with Gasteiger partial charge in [-0.25, -0.2) is 0 Å². The zero-order valence-electron chi connectivity index (χ0n) is 11.4. The van der Waals surface area contributed by atoms with Crippen molar-refractivity contribution >= 4 is 12.4 Å². The average Bonchev–Trinajstić information content (AvgIpc) is 2.49. The fourth-order valence-corrected chi connectivity index (χ4v) is 2.36. The lowest BCUT2D eigenvalue weighted by Gasteiger charge is -2.25. The molecule has 1 aromatic carbocycles. The number of hydrogen-bond donors (Lipinski definition) is 0. The zero-order valence-corrected chi connectivity index (χ0v) is 11.4. The Morgan fingerprint density at radius 1 is 1.10 bits per heavy atom. The lowest BCUT2D eigenvalue weighted by atomic mass is 9.87. The van der Waals surface area contributed by atoms with Crippen LogP contribution in [-0.4, -0.2) is 25.7 Å². The summed E-state index contributed by atoms with van der Waals surface area (Å²) in [6.45, 7) is 0.473. The molecule has 0 atom stereocenters. The van der Waals surface area contributed by atoms with Gasteiger partial charge in [0, 0.05) is 0 Å². The molecule has 0 amide bonds. The smallest absolute Gasteiger partial charge is 0.314 e. The summed E-state index contributed by atoms with van der Waals surface area (Å²) in [4.78, 5) is 22.3. The number of rotatable bonds is 5. The molecule has 5 heteroatoms. The molecular weight excluding hydrogens is 260 g/mol. The summed E-state index contributed by atoms with van der Waals surface area (Å²) < 4.78 is 15.3. The van der Waals surface area contributed by atoms with Crippen molar-refractivity contribution in [3.63, 3.8) is 0 Å². The molecule has 0 heterocycles. The van der Waals surface area contributed by atoms with Crippen LogP contribution in [0.1, 0.15) is 25.7 Å².